The van der Waals surface area contributed by atoms with Gasteiger partial charge in [0.25, 0.3) is 5.56 Å². The summed E-state index contributed by atoms with van der Waals surface area (Å²) in [5.74, 6) is -0.373. The van der Waals surface area contributed by atoms with Gasteiger partial charge in [-0.2, -0.15) is 0 Å². The molecule has 6 heteroatoms. The normalized spacial score (nSPS) is 11.0. The van der Waals surface area contributed by atoms with Crippen LogP contribution in [0.2, 0.25) is 0 Å². The third-order valence-corrected chi connectivity index (χ3v) is 3.77. The van der Waals surface area contributed by atoms with E-state index < -0.39 is 0 Å². The molecule has 4 nitrogen and oxygen atoms in total. The standard InChI is InChI=1S/C13H10FN3OS/c14-9-1-2-10(15)8(5-9)6-17-7-16-11-3-4-19-12(11)13(17)18/h1-5,7H,6,15H2. The lowest BCUT2D eigenvalue weighted by Gasteiger charge is -2.08. The number of nitrogens with two attached hydrogens (primary N) is 1. The highest BCUT2D eigenvalue weighted by Gasteiger charge is 2.08. The first kappa shape index (κ1) is 11.9. The van der Waals surface area contributed by atoms with Crippen molar-refractivity contribution in [3.63, 3.8) is 0 Å². The van der Waals surface area contributed by atoms with Crippen molar-refractivity contribution in [2.75, 3.05) is 5.73 Å². The molecule has 0 bridgehead atoms. The zero-order valence-electron chi connectivity index (χ0n) is 9.84. The van der Waals surface area contributed by atoms with E-state index in [2.05, 4.69) is 4.98 Å². The van der Waals surface area contributed by atoms with Crippen LogP contribution in [0.5, 0.6) is 0 Å². The molecule has 3 rings (SSSR count). The molecule has 0 spiro atoms. The third kappa shape index (κ3) is 2.10. The maximum Gasteiger partial charge on any atom is 0.271 e. The minimum absolute atomic E-state index is 0.135. The second-order valence-electron chi connectivity index (χ2n) is 4.16. The quantitative estimate of drug-likeness (QED) is 0.729. The number of nitrogen functional groups attached to an aromatic ring is 1. The molecule has 0 radical (unpaired) electrons. The Morgan fingerprint density at radius 3 is 3.05 bits per heavy atom. The van der Waals surface area contributed by atoms with Gasteiger partial charge in [-0.3, -0.25) is 9.36 Å². The van der Waals surface area contributed by atoms with Gasteiger partial charge in [-0.05, 0) is 35.2 Å². The van der Waals surface area contributed by atoms with Crippen LogP contribution in [0.3, 0.4) is 0 Å². The molecule has 0 atom stereocenters. The number of fused-ring (bicyclic) bond motifs is 1. The van der Waals surface area contributed by atoms with Crippen LogP contribution in [0.1, 0.15) is 5.56 Å². The lowest BCUT2D eigenvalue weighted by atomic mass is 10.2. The summed E-state index contributed by atoms with van der Waals surface area (Å²) in [6.45, 7) is 0.212. The maximum absolute atomic E-state index is 13.2. The Morgan fingerprint density at radius 1 is 1.37 bits per heavy atom. The number of benzene rings is 1. The first-order valence-corrected chi connectivity index (χ1v) is 6.49. The van der Waals surface area contributed by atoms with Gasteiger partial charge in [0, 0.05) is 5.69 Å². The van der Waals surface area contributed by atoms with Gasteiger partial charge in [-0.25, -0.2) is 9.37 Å². The molecule has 0 amide bonds. The molecular weight excluding hydrogens is 265 g/mol. The zero-order chi connectivity index (χ0) is 13.4. The predicted octanol–water partition coefficient (Wildman–Crippen LogP) is 2.23. The molecule has 2 N–H and O–H groups in total. The lowest BCUT2D eigenvalue weighted by molar-refractivity contribution is 0.623. The van der Waals surface area contributed by atoms with Crippen molar-refractivity contribution in [1.29, 1.82) is 0 Å². The van der Waals surface area contributed by atoms with Crippen molar-refractivity contribution in [1.82, 2.24) is 9.55 Å². The van der Waals surface area contributed by atoms with E-state index in [4.69, 9.17) is 5.73 Å². The van der Waals surface area contributed by atoms with E-state index >= 15 is 0 Å². The number of aromatic nitrogens is 2. The monoisotopic (exact) mass is 275 g/mol. The van der Waals surface area contributed by atoms with Crippen molar-refractivity contribution >= 4 is 27.2 Å². The van der Waals surface area contributed by atoms with Gasteiger partial charge < -0.3 is 5.73 Å². The van der Waals surface area contributed by atoms with E-state index in [1.54, 1.807) is 6.07 Å². The lowest BCUT2D eigenvalue weighted by Crippen LogP contribution is -2.20. The minimum Gasteiger partial charge on any atom is -0.398 e. The van der Waals surface area contributed by atoms with Crippen molar-refractivity contribution < 1.29 is 4.39 Å². The van der Waals surface area contributed by atoms with Crippen molar-refractivity contribution in [3.8, 4) is 0 Å². The van der Waals surface area contributed by atoms with Crippen LogP contribution in [0.15, 0.2) is 40.8 Å². The average Bonchev–Trinajstić information content (AvgIpc) is 2.86. The Labute approximate surface area is 111 Å². The Hall–Kier alpha value is -2.21. The van der Waals surface area contributed by atoms with Crippen molar-refractivity contribution in [2.45, 2.75) is 6.54 Å². The Bertz CT molecular complexity index is 809. The molecular formula is C13H10FN3OS. The molecule has 0 aliphatic carbocycles. The topological polar surface area (TPSA) is 60.9 Å². The Balaban J connectivity index is 2.08. The number of hydrogen-bond acceptors (Lipinski definition) is 4. The van der Waals surface area contributed by atoms with E-state index in [1.807, 2.05) is 5.38 Å². The summed E-state index contributed by atoms with van der Waals surface area (Å²) < 4.78 is 15.2. The molecule has 2 heterocycles. The van der Waals surface area contributed by atoms with Gasteiger partial charge in [0.05, 0.1) is 18.4 Å². The molecule has 0 aliphatic heterocycles. The van der Waals surface area contributed by atoms with E-state index in [0.29, 0.717) is 21.5 Å². The molecule has 0 saturated heterocycles. The van der Waals surface area contributed by atoms with Crippen LogP contribution in [0, 0.1) is 5.82 Å². The molecule has 0 saturated carbocycles. The van der Waals surface area contributed by atoms with Gasteiger partial charge in [-0.15, -0.1) is 11.3 Å². The number of hydrogen-bond donors (Lipinski definition) is 1. The van der Waals surface area contributed by atoms with Crippen LogP contribution in [0.25, 0.3) is 10.2 Å². The largest absolute Gasteiger partial charge is 0.398 e. The van der Waals surface area contributed by atoms with Crippen LogP contribution < -0.4 is 11.3 Å². The number of rotatable bonds is 2. The average molecular weight is 275 g/mol. The van der Waals surface area contributed by atoms with Crippen LogP contribution in [-0.4, -0.2) is 9.55 Å². The first-order chi connectivity index (χ1) is 9.15. The fraction of sp³-hybridized carbons (Fsp3) is 0.0769. The first-order valence-electron chi connectivity index (χ1n) is 5.62. The summed E-state index contributed by atoms with van der Waals surface area (Å²) in [6, 6.07) is 5.91. The van der Waals surface area contributed by atoms with E-state index in [-0.39, 0.29) is 17.9 Å². The molecule has 96 valence electrons. The van der Waals surface area contributed by atoms with Gasteiger partial charge >= 0.3 is 0 Å². The molecule has 0 aliphatic rings. The molecule has 19 heavy (non-hydrogen) atoms. The van der Waals surface area contributed by atoms with Gasteiger partial charge in [0.1, 0.15) is 10.5 Å². The molecule has 3 aromatic rings. The smallest absolute Gasteiger partial charge is 0.271 e. The molecule has 0 unspecified atom stereocenters. The summed E-state index contributed by atoms with van der Waals surface area (Å²) in [7, 11) is 0. The van der Waals surface area contributed by atoms with E-state index in [9.17, 15) is 9.18 Å². The number of anilines is 1. The molecule has 0 fully saturated rings. The van der Waals surface area contributed by atoms with Crippen LogP contribution in [0.4, 0.5) is 10.1 Å². The number of thiophene rings is 1. The van der Waals surface area contributed by atoms with E-state index in [1.165, 1.54) is 40.4 Å². The predicted molar refractivity (Wildman–Crippen MR) is 73.8 cm³/mol. The zero-order valence-corrected chi connectivity index (χ0v) is 10.7. The minimum atomic E-state index is -0.373. The summed E-state index contributed by atoms with van der Waals surface area (Å²) >= 11 is 1.34. The van der Waals surface area contributed by atoms with Crippen molar-refractivity contribution in [2.24, 2.45) is 0 Å². The van der Waals surface area contributed by atoms with Gasteiger partial charge in [0.2, 0.25) is 0 Å². The van der Waals surface area contributed by atoms with E-state index in [0.717, 1.165) is 0 Å². The highest BCUT2D eigenvalue weighted by molar-refractivity contribution is 7.17. The highest BCUT2D eigenvalue weighted by atomic mass is 32.1. The maximum atomic E-state index is 13.2. The van der Waals surface area contributed by atoms with Crippen LogP contribution in [-0.2, 0) is 6.54 Å². The summed E-state index contributed by atoms with van der Waals surface area (Å²) in [5.41, 5.74) is 7.35. The summed E-state index contributed by atoms with van der Waals surface area (Å²) in [4.78, 5) is 16.4. The molecule has 2 aromatic heterocycles. The second-order valence-corrected chi connectivity index (χ2v) is 5.07. The Kier molecular flexibility index (Phi) is 2.79. The third-order valence-electron chi connectivity index (χ3n) is 2.88. The number of halogens is 1. The fourth-order valence-corrected chi connectivity index (χ4v) is 2.68. The number of nitrogens with zero attached hydrogens (tertiary/aromatic N) is 2. The summed E-state index contributed by atoms with van der Waals surface area (Å²) in [5, 5.41) is 1.82. The summed E-state index contributed by atoms with van der Waals surface area (Å²) in [6.07, 6.45) is 1.46. The fourth-order valence-electron chi connectivity index (χ4n) is 1.89. The SMILES string of the molecule is Nc1ccc(F)cc1Cn1cnc2ccsc2c1=O. The Morgan fingerprint density at radius 2 is 2.21 bits per heavy atom. The van der Waals surface area contributed by atoms with Crippen molar-refractivity contribution in [3.05, 3.63) is 57.7 Å². The second kappa shape index (κ2) is 4.47. The van der Waals surface area contributed by atoms with Gasteiger partial charge in [0.15, 0.2) is 0 Å². The van der Waals surface area contributed by atoms with Gasteiger partial charge in [-0.1, -0.05) is 0 Å². The van der Waals surface area contributed by atoms with Crippen LogP contribution >= 0.6 is 11.3 Å². The highest BCUT2D eigenvalue weighted by Crippen LogP contribution is 2.16. The molecule has 1 aromatic carbocycles.